The van der Waals surface area contributed by atoms with Crippen LogP contribution < -0.4 is 0 Å². The van der Waals surface area contributed by atoms with Crippen molar-refractivity contribution in [3.63, 3.8) is 0 Å². The fraction of sp³-hybridized carbons (Fsp3) is 0.875. The summed E-state index contributed by atoms with van der Waals surface area (Å²) < 4.78 is 28.8. The van der Waals surface area contributed by atoms with Crippen molar-refractivity contribution in [1.29, 1.82) is 0 Å². The van der Waals surface area contributed by atoms with Crippen LogP contribution in [0.1, 0.15) is 53.9 Å². The van der Waals surface area contributed by atoms with E-state index in [0.29, 0.717) is 11.8 Å². The first-order valence-corrected chi connectivity index (χ1v) is 9.31. The third kappa shape index (κ3) is 3.11. The van der Waals surface area contributed by atoms with E-state index in [9.17, 15) is 8.42 Å². The van der Waals surface area contributed by atoms with Crippen LogP contribution in [0.5, 0.6) is 0 Å². The molecule has 0 aliphatic heterocycles. The Kier molecular flexibility index (Phi) is 3.88. The molecule has 0 aromatic carbocycles. The number of hydrogen-bond donors (Lipinski definition) is 0. The molecule has 1 fully saturated rings. The van der Waals surface area contributed by atoms with Crippen LogP contribution in [0.4, 0.5) is 0 Å². The lowest BCUT2D eigenvalue weighted by atomic mass is 9.53. The summed E-state index contributed by atoms with van der Waals surface area (Å²) in [6.07, 6.45) is 6.26. The molecule has 2 rings (SSSR count). The molecule has 4 atom stereocenters. The van der Waals surface area contributed by atoms with Gasteiger partial charge in [0.2, 0.25) is 0 Å². The van der Waals surface area contributed by atoms with Crippen molar-refractivity contribution in [3.05, 3.63) is 11.6 Å². The number of fused-ring (bicyclic) bond motifs is 1. The van der Waals surface area contributed by atoms with Crippen molar-refractivity contribution in [2.75, 3.05) is 6.26 Å². The summed E-state index contributed by atoms with van der Waals surface area (Å²) in [7, 11) is -3.41. The molecule has 0 saturated heterocycles. The fourth-order valence-corrected chi connectivity index (χ4v) is 4.78. The van der Waals surface area contributed by atoms with E-state index in [1.54, 1.807) is 0 Å². The van der Waals surface area contributed by atoms with Crippen LogP contribution >= 0.6 is 0 Å². The van der Waals surface area contributed by atoms with Gasteiger partial charge < -0.3 is 0 Å². The molecule has 0 aromatic heterocycles. The van der Waals surface area contributed by atoms with Crippen LogP contribution in [-0.4, -0.2) is 20.8 Å². The minimum absolute atomic E-state index is 0.0719. The zero-order valence-electron chi connectivity index (χ0n) is 13.6. The van der Waals surface area contributed by atoms with Gasteiger partial charge in [-0.2, -0.15) is 8.42 Å². The van der Waals surface area contributed by atoms with Gasteiger partial charge in [-0.15, -0.1) is 0 Å². The van der Waals surface area contributed by atoms with Crippen LogP contribution in [0.25, 0.3) is 0 Å². The second-order valence-corrected chi connectivity index (χ2v) is 9.59. The van der Waals surface area contributed by atoms with Gasteiger partial charge in [0.1, 0.15) is 0 Å². The van der Waals surface area contributed by atoms with E-state index in [1.165, 1.54) is 11.8 Å². The van der Waals surface area contributed by atoms with Gasteiger partial charge in [-0.1, -0.05) is 39.3 Å². The van der Waals surface area contributed by atoms with Crippen molar-refractivity contribution in [3.8, 4) is 0 Å². The number of allylic oxidation sites excluding steroid dienone is 2. The van der Waals surface area contributed by atoms with Gasteiger partial charge >= 0.3 is 0 Å². The van der Waals surface area contributed by atoms with Gasteiger partial charge in [0, 0.05) is 5.41 Å². The Bertz CT molecular complexity index is 518. The molecule has 0 bridgehead atoms. The van der Waals surface area contributed by atoms with E-state index in [4.69, 9.17) is 4.18 Å². The lowest BCUT2D eigenvalue weighted by Gasteiger charge is -2.54. The first-order chi connectivity index (χ1) is 8.93. The smallest absolute Gasteiger partial charge is 0.264 e. The summed E-state index contributed by atoms with van der Waals surface area (Å²) in [5, 5.41) is 0. The highest BCUT2D eigenvalue weighted by Gasteiger charge is 2.52. The minimum Gasteiger partial charge on any atom is -0.266 e. The largest absolute Gasteiger partial charge is 0.266 e. The Morgan fingerprint density at radius 1 is 1.20 bits per heavy atom. The predicted molar refractivity (Wildman–Crippen MR) is 81.9 cm³/mol. The van der Waals surface area contributed by atoms with Gasteiger partial charge in [0.25, 0.3) is 10.1 Å². The second kappa shape index (κ2) is 4.84. The predicted octanol–water partition coefficient (Wildman–Crippen LogP) is 3.76. The molecule has 0 unspecified atom stereocenters. The molecule has 1 saturated carbocycles. The van der Waals surface area contributed by atoms with Gasteiger partial charge in [-0.25, -0.2) is 0 Å². The monoisotopic (exact) mass is 300 g/mol. The Morgan fingerprint density at radius 3 is 2.35 bits per heavy atom. The number of rotatable bonds is 2. The van der Waals surface area contributed by atoms with Crippen LogP contribution in [-0.2, 0) is 14.3 Å². The first-order valence-electron chi connectivity index (χ1n) is 7.49. The molecule has 116 valence electrons. The third-order valence-electron chi connectivity index (χ3n) is 5.37. The normalized spacial score (nSPS) is 40.9. The lowest BCUT2D eigenvalue weighted by molar-refractivity contribution is -0.0668. The molecule has 20 heavy (non-hydrogen) atoms. The molecule has 3 nitrogen and oxygen atoms in total. The molecule has 0 heterocycles. The van der Waals surface area contributed by atoms with E-state index in [2.05, 4.69) is 40.7 Å². The van der Waals surface area contributed by atoms with Crippen molar-refractivity contribution in [2.45, 2.75) is 60.0 Å². The first kappa shape index (κ1) is 16.0. The van der Waals surface area contributed by atoms with E-state index >= 15 is 0 Å². The molecule has 4 heteroatoms. The molecule has 0 amide bonds. The minimum atomic E-state index is -3.41. The van der Waals surface area contributed by atoms with E-state index in [1.807, 2.05) is 0 Å². The van der Waals surface area contributed by atoms with Crippen molar-refractivity contribution >= 4 is 10.1 Å². The quantitative estimate of drug-likeness (QED) is 0.576. The Balaban J connectivity index is 2.40. The average Bonchev–Trinajstić information content (AvgIpc) is 2.20. The summed E-state index contributed by atoms with van der Waals surface area (Å²) in [4.78, 5) is 0. The molecule has 2 aliphatic carbocycles. The molecule has 2 aliphatic rings. The molecular weight excluding hydrogens is 272 g/mol. The summed E-state index contributed by atoms with van der Waals surface area (Å²) in [5.74, 6) is 0.914. The molecule has 0 N–H and O–H groups in total. The highest BCUT2D eigenvalue weighted by molar-refractivity contribution is 7.86. The summed E-state index contributed by atoms with van der Waals surface area (Å²) in [5.41, 5.74) is 1.48. The van der Waals surface area contributed by atoms with Crippen molar-refractivity contribution in [2.24, 2.45) is 22.7 Å². The zero-order chi connectivity index (χ0) is 15.3. The highest BCUT2D eigenvalue weighted by atomic mass is 32.2. The van der Waals surface area contributed by atoms with Crippen LogP contribution in [0.2, 0.25) is 0 Å². The maximum atomic E-state index is 11.6. The van der Waals surface area contributed by atoms with Crippen molar-refractivity contribution in [1.82, 2.24) is 0 Å². The standard InChI is InChI=1S/C16H28O3S/c1-11-7-13-9-15(3,4)10-14(19-20(6,17)18)16(13,5)8-12(11)2/h7,12-14H,8-10H2,1-6H3/t12-,13-,14+,16+/m1/s1. The van der Waals surface area contributed by atoms with Gasteiger partial charge in [0.15, 0.2) is 0 Å². The van der Waals surface area contributed by atoms with E-state index < -0.39 is 10.1 Å². The van der Waals surface area contributed by atoms with E-state index in [0.717, 1.165) is 19.3 Å². The van der Waals surface area contributed by atoms with Gasteiger partial charge in [-0.3, -0.25) is 4.18 Å². The van der Waals surface area contributed by atoms with Crippen LogP contribution in [0.3, 0.4) is 0 Å². The summed E-state index contributed by atoms with van der Waals surface area (Å²) >= 11 is 0. The SMILES string of the molecule is CC1=C[C@@H]2CC(C)(C)C[C@H](OS(C)(=O)=O)[C@@]2(C)C[C@H]1C. The summed E-state index contributed by atoms with van der Waals surface area (Å²) in [6, 6.07) is 0. The molecular formula is C16H28O3S. The summed E-state index contributed by atoms with van der Waals surface area (Å²) in [6.45, 7) is 11.1. The highest BCUT2D eigenvalue weighted by Crippen LogP contribution is 2.56. The Morgan fingerprint density at radius 2 is 1.80 bits per heavy atom. The van der Waals surface area contributed by atoms with E-state index in [-0.39, 0.29) is 16.9 Å². The maximum absolute atomic E-state index is 11.6. The maximum Gasteiger partial charge on any atom is 0.264 e. The Labute approximate surface area is 123 Å². The second-order valence-electron chi connectivity index (χ2n) is 7.99. The average molecular weight is 300 g/mol. The zero-order valence-corrected chi connectivity index (χ0v) is 14.4. The topological polar surface area (TPSA) is 43.4 Å². The lowest BCUT2D eigenvalue weighted by Crippen LogP contribution is -2.51. The molecule has 0 aromatic rings. The van der Waals surface area contributed by atoms with Crippen LogP contribution in [0, 0.1) is 22.7 Å². The number of hydrogen-bond acceptors (Lipinski definition) is 3. The van der Waals surface area contributed by atoms with Crippen molar-refractivity contribution < 1.29 is 12.6 Å². The Hall–Kier alpha value is -0.350. The van der Waals surface area contributed by atoms with Gasteiger partial charge in [0.05, 0.1) is 12.4 Å². The fourth-order valence-electron chi connectivity index (χ4n) is 4.08. The molecule has 0 radical (unpaired) electrons. The van der Waals surface area contributed by atoms with Gasteiger partial charge in [-0.05, 0) is 43.4 Å². The van der Waals surface area contributed by atoms with Crippen LogP contribution in [0.15, 0.2) is 11.6 Å². The third-order valence-corrected chi connectivity index (χ3v) is 5.95. The molecule has 0 spiro atoms.